The second-order valence-electron chi connectivity index (χ2n) is 6.06. The van der Waals surface area contributed by atoms with Crippen LogP contribution in [0.5, 0.6) is 0 Å². The second kappa shape index (κ2) is 7.44. The molecule has 1 N–H and O–H groups in total. The molecule has 0 spiro atoms. The number of rotatable bonds is 5. The van der Waals surface area contributed by atoms with Crippen molar-refractivity contribution in [2.45, 2.75) is 39.2 Å². The second-order valence-corrected chi connectivity index (χ2v) is 6.06. The number of carbonyl (C=O) groups excluding carboxylic acids is 1. The van der Waals surface area contributed by atoms with Gasteiger partial charge in [-0.2, -0.15) is 0 Å². The van der Waals surface area contributed by atoms with E-state index in [4.69, 9.17) is 0 Å². The van der Waals surface area contributed by atoms with Crippen LogP contribution in [-0.2, 0) is 11.2 Å². The van der Waals surface area contributed by atoms with E-state index in [1.165, 1.54) is 5.56 Å². The third kappa shape index (κ3) is 4.34. The molecule has 0 saturated carbocycles. The van der Waals surface area contributed by atoms with Gasteiger partial charge in [-0.25, -0.2) is 0 Å². The average Bonchev–Trinajstić information content (AvgIpc) is 2.46. The zero-order valence-electron chi connectivity index (χ0n) is 12.6. The van der Waals surface area contributed by atoms with E-state index in [-0.39, 0.29) is 0 Å². The van der Waals surface area contributed by atoms with Gasteiger partial charge in [-0.15, -0.1) is 0 Å². The first-order valence-electron chi connectivity index (χ1n) is 7.71. The van der Waals surface area contributed by atoms with E-state index in [1.54, 1.807) is 0 Å². The number of hydrogen-bond donors (Lipinski definition) is 1. The summed E-state index contributed by atoms with van der Waals surface area (Å²) in [6.07, 6.45) is 2.56. The third-order valence-electron chi connectivity index (χ3n) is 3.88. The minimum Gasteiger partial charge on any atom is -0.337 e. The summed E-state index contributed by atoms with van der Waals surface area (Å²) in [5, 5.41) is 3.40. The lowest BCUT2D eigenvalue weighted by molar-refractivity contribution is -0.134. The summed E-state index contributed by atoms with van der Waals surface area (Å²) in [6, 6.07) is 10.6. The SMILES string of the molecule is CC(C)CC1CNCCN1C(=O)CCc1ccccc1. The summed E-state index contributed by atoms with van der Waals surface area (Å²) >= 11 is 0. The summed E-state index contributed by atoms with van der Waals surface area (Å²) in [6.45, 7) is 7.16. The molecule has 1 aliphatic rings. The molecule has 0 bridgehead atoms. The van der Waals surface area contributed by atoms with Gasteiger partial charge in [-0.05, 0) is 24.3 Å². The zero-order valence-corrected chi connectivity index (χ0v) is 12.6. The molecular weight excluding hydrogens is 248 g/mol. The minimum absolute atomic E-state index is 0.306. The minimum atomic E-state index is 0.306. The molecule has 1 saturated heterocycles. The molecule has 2 rings (SSSR count). The quantitative estimate of drug-likeness (QED) is 0.894. The highest BCUT2D eigenvalue weighted by Gasteiger charge is 2.26. The Morgan fingerprint density at radius 2 is 2.10 bits per heavy atom. The van der Waals surface area contributed by atoms with Gasteiger partial charge in [0.05, 0.1) is 0 Å². The summed E-state index contributed by atoms with van der Waals surface area (Å²) in [7, 11) is 0. The molecule has 0 radical (unpaired) electrons. The van der Waals surface area contributed by atoms with Crippen LogP contribution in [-0.4, -0.2) is 36.5 Å². The Hall–Kier alpha value is -1.35. The van der Waals surface area contributed by atoms with Crippen LogP contribution in [0.25, 0.3) is 0 Å². The number of hydrogen-bond acceptors (Lipinski definition) is 2. The Labute approximate surface area is 122 Å². The Balaban J connectivity index is 1.89. The fraction of sp³-hybridized carbons (Fsp3) is 0.588. The van der Waals surface area contributed by atoms with Crippen LogP contribution < -0.4 is 5.32 Å². The Morgan fingerprint density at radius 1 is 1.35 bits per heavy atom. The molecule has 1 aromatic rings. The number of carbonyl (C=O) groups is 1. The molecule has 1 aromatic carbocycles. The van der Waals surface area contributed by atoms with E-state index < -0.39 is 0 Å². The number of amides is 1. The molecular formula is C17H26N2O. The van der Waals surface area contributed by atoms with Crippen molar-refractivity contribution in [3.63, 3.8) is 0 Å². The van der Waals surface area contributed by atoms with Crippen LogP contribution in [0, 0.1) is 5.92 Å². The maximum Gasteiger partial charge on any atom is 0.223 e. The predicted molar refractivity (Wildman–Crippen MR) is 82.6 cm³/mol. The molecule has 0 aliphatic carbocycles. The first kappa shape index (κ1) is 15.0. The fourth-order valence-corrected chi connectivity index (χ4v) is 2.88. The summed E-state index contributed by atoms with van der Waals surface area (Å²) in [4.78, 5) is 14.6. The van der Waals surface area contributed by atoms with E-state index in [2.05, 4.69) is 36.2 Å². The van der Waals surface area contributed by atoms with Crippen molar-refractivity contribution in [1.29, 1.82) is 0 Å². The monoisotopic (exact) mass is 274 g/mol. The van der Waals surface area contributed by atoms with Crippen LogP contribution >= 0.6 is 0 Å². The highest BCUT2D eigenvalue weighted by molar-refractivity contribution is 5.77. The largest absolute Gasteiger partial charge is 0.337 e. The molecule has 0 aromatic heterocycles. The Kier molecular flexibility index (Phi) is 5.60. The standard InChI is InChI=1S/C17H26N2O/c1-14(2)12-16-13-18-10-11-19(16)17(20)9-8-15-6-4-3-5-7-15/h3-7,14,16,18H,8-13H2,1-2H3. The van der Waals surface area contributed by atoms with Crippen LogP contribution in [0.15, 0.2) is 30.3 Å². The van der Waals surface area contributed by atoms with E-state index in [0.717, 1.165) is 32.5 Å². The van der Waals surface area contributed by atoms with Gasteiger partial charge < -0.3 is 10.2 Å². The average molecular weight is 274 g/mol. The normalized spacial score (nSPS) is 19.4. The van der Waals surface area contributed by atoms with Crippen LogP contribution in [0.4, 0.5) is 0 Å². The highest BCUT2D eigenvalue weighted by atomic mass is 16.2. The van der Waals surface area contributed by atoms with Crippen molar-refractivity contribution in [1.82, 2.24) is 10.2 Å². The van der Waals surface area contributed by atoms with E-state index in [0.29, 0.717) is 24.3 Å². The van der Waals surface area contributed by atoms with E-state index in [1.807, 2.05) is 18.2 Å². The molecule has 3 heteroatoms. The maximum atomic E-state index is 12.5. The molecule has 1 fully saturated rings. The van der Waals surface area contributed by atoms with Gasteiger partial charge in [0.2, 0.25) is 5.91 Å². The Bertz CT molecular complexity index is 416. The van der Waals surface area contributed by atoms with Gasteiger partial charge in [0.25, 0.3) is 0 Å². The smallest absolute Gasteiger partial charge is 0.223 e. The van der Waals surface area contributed by atoms with Crippen LogP contribution in [0.2, 0.25) is 0 Å². The van der Waals surface area contributed by atoms with Crippen LogP contribution in [0.3, 0.4) is 0 Å². The van der Waals surface area contributed by atoms with Crippen molar-refractivity contribution < 1.29 is 4.79 Å². The van der Waals surface area contributed by atoms with Crippen molar-refractivity contribution in [3.05, 3.63) is 35.9 Å². The molecule has 20 heavy (non-hydrogen) atoms. The Morgan fingerprint density at radius 3 is 2.80 bits per heavy atom. The number of nitrogens with zero attached hydrogens (tertiary/aromatic N) is 1. The number of nitrogens with one attached hydrogen (secondary N) is 1. The molecule has 110 valence electrons. The summed E-state index contributed by atoms with van der Waals surface area (Å²) in [5.74, 6) is 0.935. The van der Waals surface area contributed by atoms with E-state index in [9.17, 15) is 4.79 Å². The first-order valence-corrected chi connectivity index (χ1v) is 7.71. The van der Waals surface area contributed by atoms with Gasteiger partial charge in [-0.1, -0.05) is 44.2 Å². The van der Waals surface area contributed by atoms with Crippen molar-refractivity contribution in [3.8, 4) is 0 Å². The molecule has 1 atom stereocenters. The molecule has 1 heterocycles. The molecule has 1 aliphatic heterocycles. The topological polar surface area (TPSA) is 32.3 Å². The number of benzene rings is 1. The predicted octanol–water partition coefficient (Wildman–Crippen LogP) is 2.47. The lowest BCUT2D eigenvalue weighted by atomic mass is 10.00. The zero-order chi connectivity index (χ0) is 14.4. The first-order chi connectivity index (χ1) is 9.66. The maximum absolute atomic E-state index is 12.5. The van der Waals surface area contributed by atoms with Crippen molar-refractivity contribution >= 4 is 5.91 Å². The van der Waals surface area contributed by atoms with Crippen molar-refractivity contribution in [2.24, 2.45) is 5.92 Å². The van der Waals surface area contributed by atoms with Crippen LogP contribution in [0.1, 0.15) is 32.3 Å². The van der Waals surface area contributed by atoms with Gasteiger partial charge in [0.15, 0.2) is 0 Å². The number of piperazine rings is 1. The number of aryl methyl sites for hydroxylation is 1. The summed E-state index contributed by atoms with van der Waals surface area (Å²) in [5.41, 5.74) is 1.25. The third-order valence-corrected chi connectivity index (χ3v) is 3.88. The molecule has 1 amide bonds. The van der Waals surface area contributed by atoms with Crippen molar-refractivity contribution in [2.75, 3.05) is 19.6 Å². The van der Waals surface area contributed by atoms with Gasteiger partial charge in [0.1, 0.15) is 0 Å². The fourth-order valence-electron chi connectivity index (χ4n) is 2.88. The molecule has 1 unspecified atom stereocenters. The van der Waals surface area contributed by atoms with Gasteiger partial charge in [-0.3, -0.25) is 4.79 Å². The summed E-state index contributed by atoms with van der Waals surface area (Å²) < 4.78 is 0. The lowest BCUT2D eigenvalue weighted by Crippen LogP contribution is -2.54. The lowest BCUT2D eigenvalue weighted by Gasteiger charge is -2.37. The highest BCUT2D eigenvalue weighted by Crippen LogP contribution is 2.15. The van der Waals surface area contributed by atoms with E-state index >= 15 is 0 Å². The van der Waals surface area contributed by atoms with Gasteiger partial charge >= 0.3 is 0 Å². The van der Waals surface area contributed by atoms with Gasteiger partial charge in [0, 0.05) is 32.1 Å². The molecule has 3 nitrogen and oxygen atoms in total.